The molecule has 1 fully saturated rings. The molecular weight excluding hydrogens is 368 g/mol. The van der Waals surface area contributed by atoms with Crippen LogP contribution in [-0.2, 0) is 4.79 Å². The van der Waals surface area contributed by atoms with Gasteiger partial charge in [-0.3, -0.25) is 14.5 Å². The monoisotopic (exact) mass is 396 g/mol. The van der Waals surface area contributed by atoms with Gasteiger partial charge in [-0.2, -0.15) is 0 Å². The first-order chi connectivity index (χ1) is 14.0. The fourth-order valence-corrected chi connectivity index (χ4v) is 3.37. The highest BCUT2D eigenvalue weighted by molar-refractivity contribution is 5.92. The summed E-state index contributed by atoms with van der Waals surface area (Å²) in [5.41, 5.74) is 6.87. The Morgan fingerprint density at radius 1 is 1.03 bits per heavy atom. The molecule has 7 heteroatoms. The van der Waals surface area contributed by atoms with Crippen LogP contribution in [0.4, 0.5) is 5.69 Å². The molecule has 0 bridgehead atoms. The summed E-state index contributed by atoms with van der Waals surface area (Å²) in [4.78, 5) is 27.9. The third kappa shape index (κ3) is 5.96. The number of nitrogens with two attached hydrogens (primary N) is 1. The molecule has 0 aromatic heterocycles. The van der Waals surface area contributed by atoms with Crippen molar-refractivity contribution in [2.75, 3.05) is 44.2 Å². The minimum absolute atomic E-state index is 0.0651. The fourth-order valence-electron chi connectivity index (χ4n) is 3.37. The van der Waals surface area contributed by atoms with Crippen molar-refractivity contribution in [1.29, 1.82) is 0 Å². The molecule has 3 rings (SSSR count). The number of nitrogens with one attached hydrogen (secondary N) is 1. The molecule has 2 amide bonds. The number of anilines is 1. The van der Waals surface area contributed by atoms with Crippen LogP contribution < -0.4 is 20.7 Å². The lowest BCUT2D eigenvalue weighted by molar-refractivity contribution is -0.123. The standard InChI is InChI=1S/C22H28N4O3/c1-17(25-11-13-26(14-12-25)19-5-3-2-4-6-19)15-24-21(27)16-29-20-9-7-18(8-10-20)22(23)28/h2-10,17H,11-16H2,1H3,(H2,23,28)(H,24,27). The number of primary amides is 1. The van der Waals surface area contributed by atoms with Crippen LogP contribution in [0.25, 0.3) is 0 Å². The molecule has 1 atom stereocenters. The van der Waals surface area contributed by atoms with Gasteiger partial charge in [-0.05, 0) is 43.3 Å². The van der Waals surface area contributed by atoms with E-state index in [1.807, 2.05) is 6.07 Å². The maximum absolute atomic E-state index is 12.1. The van der Waals surface area contributed by atoms with Crippen LogP contribution in [0.15, 0.2) is 54.6 Å². The van der Waals surface area contributed by atoms with Crippen molar-refractivity contribution in [2.45, 2.75) is 13.0 Å². The number of ether oxygens (including phenoxy) is 1. The number of nitrogens with zero attached hydrogens (tertiary/aromatic N) is 2. The van der Waals surface area contributed by atoms with Crippen molar-refractivity contribution in [1.82, 2.24) is 10.2 Å². The zero-order chi connectivity index (χ0) is 20.6. The molecule has 1 saturated heterocycles. The predicted molar refractivity (Wildman–Crippen MR) is 113 cm³/mol. The van der Waals surface area contributed by atoms with Crippen LogP contribution in [0.3, 0.4) is 0 Å². The second-order valence-corrected chi connectivity index (χ2v) is 7.19. The first-order valence-corrected chi connectivity index (χ1v) is 9.86. The molecule has 0 aliphatic carbocycles. The van der Waals surface area contributed by atoms with E-state index in [-0.39, 0.29) is 18.6 Å². The van der Waals surface area contributed by atoms with Crippen LogP contribution >= 0.6 is 0 Å². The Bertz CT molecular complexity index is 803. The molecule has 0 saturated carbocycles. The SMILES string of the molecule is CC(CNC(=O)COc1ccc(C(N)=O)cc1)N1CCN(c2ccccc2)CC1. The Kier molecular flexibility index (Phi) is 7.08. The van der Waals surface area contributed by atoms with E-state index in [4.69, 9.17) is 10.5 Å². The highest BCUT2D eigenvalue weighted by Gasteiger charge is 2.21. The maximum atomic E-state index is 12.1. The van der Waals surface area contributed by atoms with Gasteiger partial charge in [0.15, 0.2) is 6.61 Å². The summed E-state index contributed by atoms with van der Waals surface area (Å²) in [7, 11) is 0. The first-order valence-electron chi connectivity index (χ1n) is 9.86. The number of carbonyl (C=O) groups excluding carboxylic acids is 2. The molecule has 1 heterocycles. The summed E-state index contributed by atoms with van der Waals surface area (Å²) >= 11 is 0. The molecule has 29 heavy (non-hydrogen) atoms. The number of para-hydroxylation sites is 1. The van der Waals surface area contributed by atoms with Crippen LogP contribution in [0.2, 0.25) is 0 Å². The predicted octanol–water partition coefficient (Wildman–Crippen LogP) is 1.49. The Hall–Kier alpha value is -3.06. The zero-order valence-corrected chi connectivity index (χ0v) is 16.7. The van der Waals surface area contributed by atoms with Crippen molar-refractivity contribution >= 4 is 17.5 Å². The van der Waals surface area contributed by atoms with Crippen LogP contribution in [0.5, 0.6) is 5.75 Å². The molecular formula is C22H28N4O3. The van der Waals surface area contributed by atoms with Crippen molar-refractivity contribution in [3.63, 3.8) is 0 Å². The number of benzene rings is 2. The Morgan fingerprint density at radius 2 is 1.69 bits per heavy atom. The van der Waals surface area contributed by atoms with E-state index in [0.29, 0.717) is 17.9 Å². The molecule has 1 unspecified atom stereocenters. The van der Waals surface area contributed by atoms with Gasteiger partial charge < -0.3 is 20.7 Å². The van der Waals surface area contributed by atoms with Crippen molar-refractivity contribution in [2.24, 2.45) is 5.73 Å². The average Bonchev–Trinajstić information content (AvgIpc) is 2.77. The van der Waals surface area contributed by atoms with Gasteiger partial charge in [0.2, 0.25) is 5.91 Å². The summed E-state index contributed by atoms with van der Waals surface area (Å²) in [6, 6.07) is 17.1. The van der Waals surface area contributed by atoms with Crippen molar-refractivity contribution in [3.8, 4) is 5.75 Å². The van der Waals surface area contributed by atoms with Gasteiger partial charge in [0.1, 0.15) is 5.75 Å². The van der Waals surface area contributed by atoms with Gasteiger partial charge in [0.25, 0.3) is 5.91 Å². The molecule has 0 spiro atoms. The third-order valence-corrected chi connectivity index (χ3v) is 5.16. The van der Waals surface area contributed by atoms with Gasteiger partial charge in [0.05, 0.1) is 0 Å². The van der Waals surface area contributed by atoms with Crippen LogP contribution in [0.1, 0.15) is 17.3 Å². The molecule has 154 valence electrons. The highest BCUT2D eigenvalue weighted by Crippen LogP contribution is 2.16. The van der Waals surface area contributed by atoms with E-state index < -0.39 is 5.91 Å². The molecule has 3 N–H and O–H groups in total. The van der Waals surface area contributed by atoms with Crippen molar-refractivity contribution < 1.29 is 14.3 Å². The van der Waals surface area contributed by atoms with Gasteiger partial charge >= 0.3 is 0 Å². The van der Waals surface area contributed by atoms with Crippen molar-refractivity contribution in [3.05, 3.63) is 60.2 Å². The van der Waals surface area contributed by atoms with E-state index in [1.165, 1.54) is 5.69 Å². The smallest absolute Gasteiger partial charge is 0.257 e. The normalized spacial score (nSPS) is 15.6. The summed E-state index contributed by atoms with van der Waals surface area (Å²) in [6.45, 7) is 6.53. The largest absolute Gasteiger partial charge is 0.484 e. The Labute approximate surface area is 171 Å². The maximum Gasteiger partial charge on any atom is 0.257 e. The molecule has 2 aromatic carbocycles. The minimum Gasteiger partial charge on any atom is -0.484 e. The topological polar surface area (TPSA) is 87.9 Å². The summed E-state index contributed by atoms with van der Waals surface area (Å²) in [5, 5.41) is 2.93. The molecule has 2 aromatic rings. The molecule has 7 nitrogen and oxygen atoms in total. The van der Waals surface area contributed by atoms with Gasteiger partial charge in [-0.15, -0.1) is 0 Å². The number of piperazine rings is 1. The molecule has 0 radical (unpaired) electrons. The first kappa shape index (κ1) is 20.7. The molecule has 1 aliphatic heterocycles. The lowest BCUT2D eigenvalue weighted by Gasteiger charge is -2.39. The van der Waals surface area contributed by atoms with E-state index >= 15 is 0 Å². The van der Waals surface area contributed by atoms with E-state index in [0.717, 1.165) is 26.2 Å². The highest BCUT2D eigenvalue weighted by atomic mass is 16.5. The van der Waals surface area contributed by atoms with Gasteiger partial charge in [-0.25, -0.2) is 0 Å². The number of rotatable bonds is 8. The number of amides is 2. The van der Waals surface area contributed by atoms with Crippen LogP contribution in [-0.4, -0.2) is 62.1 Å². The average molecular weight is 396 g/mol. The van der Waals surface area contributed by atoms with E-state index in [9.17, 15) is 9.59 Å². The Balaban J connectivity index is 1.36. The zero-order valence-electron chi connectivity index (χ0n) is 16.7. The van der Waals surface area contributed by atoms with E-state index in [1.54, 1.807) is 24.3 Å². The van der Waals surface area contributed by atoms with Gasteiger partial charge in [0, 0.05) is 50.0 Å². The number of hydrogen-bond donors (Lipinski definition) is 2. The third-order valence-electron chi connectivity index (χ3n) is 5.16. The summed E-state index contributed by atoms with van der Waals surface area (Å²) < 4.78 is 5.46. The quantitative estimate of drug-likeness (QED) is 0.706. The fraction of sp³-hybridized carbons (Fsp3) is 0.364. The minimum atomic E-state index is -0.493. The lowest BCUT2D eigenvalue weighted by atomic mass is 10.2. The lowest BCUT2D eigenvalue weighted by Crippen LogP contribution is -2.52. The summed E-state index contributed by atoms with van der Waals surface area (Å²) in [5.74, 6) is -0.137. The number of hydrogen-bond acceptors (Lipinski definition) is 5. The Morgan fingerprint density at radius 3 is 2.31 bits per heavy atom. The summed E-state index contributed by atoms with van der Waals surface area (Å²) in [6.07, 6.45) is 0. The molecule has 1 aliphatic rings. The second-order valence-electron chi connectivity index (χ2n) is 7.19. The second kappa shape index (κ2) is 9.93. The van der Waals surface area contributed by atoms with Gasteiger partial charge in [-0.1, -0.05) is 18.2 Å². The van der Waals surface area contributed by atoms with E-state index in [2.05, 4.69) is 46.3 Å². The number of carbonyl (C=O) groups is 2. The van der Waals surface area contributed by atoms with Crippen LogP contribution in [0, 0.1) is 0 Å².